The van der Waals surface area contributed by atoms with E-state index in [0.717, 1.165) is 28.3 Å². The lowest BCUT2D eigenvalue weighted by Crippen LogP contribution is -2.35. The third kappa shape index (κ3) is 3.31. The summed E-state index contributed by atoms with van der Waals surface area (Å²) >= 11 is 1.57. The fraction of sp³-hybridized carbons (Fsp3) is 0.304. The quantitative estimate of drug-likeness (QED) is 0.767. The molecule has 1 aliphatic carbocycles. The molecule has 2 atom stereocenters. The number of hydrogen-bond donors (Lipinski definition) is 1. The van der Waals surface area contributed by atoms with Crippen molar-refractivity contribution < 1.29 is 14.3 Å². The maximum absolute atomic E-state index is 13.3. The summed E-state index contributed by atoms with van der Waals surface area (Å²) in [5, 5.41) is 5.35. The van der Waals surface area contributed by atoms with Gasteiger partial charge in [-0.25, -0.2) is 4.79 Å². The first-order chi connectivity index (χ1) is 13.6. The van der Waals surface area contributed by atoms with Crippen LogP contribution in [-0.4, -0.2) is 18.4 Å². The second-order valence-corrected chi connectivity index (χ2v) is 8.14. The Hall–Kier alpha value is -2.66. The summed E-state index contributed by atoms with van der Waals surface area (Å²) in [6.45, 7) is 4.00. The van der Waals surface area contributed by atoms with E-state index >= 15 is 0 Å². The van der Waals surface area contributed by atoms with Crippen LogP contribution >= 0.6 is 11.3 Å². The lowest BCUT2D eigenvalue weighted by Gasteiger charge is -2.36. The van der Waals surface area contributed by atoms with Gasteiger partial charge in [0, 0.05) is 28.3 Å². The Kier molecular flexibility index (Phi) is 5.18. The zero-order valence-corrected chi connectivity index (χ0v) is 16.8. The van der Waals surface area contributed by atoms with E-state index in [2.05, 4.69) is 17.4 Å². The highest BCUT2D eigenvalue weighted by Crippen LogP contribution is 2.46. The van der Waals surface area contributed by atoms with Gasteiger partial charge in [-0.2, -0.15) is 0 Å². The van der Waals surface area contributed by atoms with Crippen LogP contribution in [0.2, 0.25) is 0 Å². The van der Waals surface area contributed by atoms with Gasteiger partial charge < -0.3 is 10.1 Å². The number of carbonyl (C=O) groups excluding carboxylic acids is 2. The van der Waals surface area contributed by atoms with Gasteiger partial charge in [0.1, 0.15) is 0 Å². The normalized spacial score (nSPS) is 22.0. The molecule has 2 heterocycles. The molecule has 5 heteroatoms. The fourth-order valence-electron chi connectivity index (χ4n) is 4.22. The van der Waals surface area contributed by atoms with Crippen molar-refractivity contribution in [1.82, 2.24) is 5.32 Å². The van der Waals surface area contributed by atoms with Crippen molar-refractivity contribution in [3.8, 4) is 0 Å². The van der Waals surface area contributed by atoms with E-state index in [1.165, 1.54) is 5.56 Å². The van der Waals surface area contributed by atoms with E-state index in [1.54, 1.807) is 18.3 Å². The molecular weight excluding hydrogens is 370 g/mol. The van der Waals surface area contributed by atoms with Crippen LogP contribution in [0.3, 0.4) is 0 Å². The molecule has 1 N–H and O–H groups in total. The Morgan fingerprint density at radius 1 is 1.18 bits per heavy atom. The highest BCUT2D eigenvalue weighted by molar-refractivity contribution is 7.10. The smallest absolute Gasteiger partial charge is 0.336 e. The van der Waals surface area contributed by atoms with Gasteiger partial charge >= 0.3 is 5.97 Å². The largest absolute Gasteiger partial charge is 0.463 e. The molecule has 1 aliphatic heterocycles. The third-order valence-electron chi connectivity index (χ3n) is 5.42. The van der Waals surface area contributed by atoms with Crippen molar-refractivity contribution in [1.29, 1.82) is 0 Å². The molecule has 4 rings (SSSR count). The first-order valence-electron chi connectivity index (χ1n) is 9.59. The fourth-order valence-corrected chi connectivity index (χ4v) is 5.06. The molecule has 0 fully saturated rings. The third-order valence-corrected chi connectivity index (χ3v) is 6.36. The molecule has 2 aromatic rings. The molecule has 0 spiro atoms. The SMILES string of the molecule is CCOC(=O)C1=C(C)NC2=C(C(=O)C[C@@H](c3ccccc3)C2)[C@@H]1c1cccs1. The molecule has 144 valence electrons. The Labute approximate surface area is 168 Å². The van der Waals surface area contributed by atoms with Gasteiger partial charge in [-0.15, -0.1) is 11.3 Å². The lowest BCUT2D eigenvalue weighted by atomic mass is 9.73. The van der Waals surface area contributed by atoms with Crippen LogP contribution in [0, 0.1) is 0 Å². The number of ether oxygens (including phenoxy) is 1. The zero-order valence-electron chi connectivity index (χ0n) is 16.0. The van der Waals surface area contributed by atoms with Crippen LogP contribution in [0.25, 0.3) is 0 Å². The van der Waals surface area contributed by atoms with Gasteiger partial charge in [0.2, 0.25) is 0 Å². The molecule has 28 heavy (non-hydrogen) atoms. The number of carbonyl (C=O) groups is 2. The Balaban J connectivity index is 1.77. The Morgan fingerprint density at radius 3 is 2.64 bits per heavy atom. The number of esters is 1. The molecule has 0 amide bonds. The molecule has 0 saturated heterocycles. The summed E-state index contributed by atoms with van der Waals surface area (Å²) in [5.74, 6) is -0.439. The number of rotatable bonds is 4. The highest BCUT2D eigenvalue weighted by atomic mass is 32.1. The maximum Gasteiger partial charge on any atom is 0.336 e. The number of thiophene rings is 1. The zero-order chi connectivity index (χ0) is 19.7. The van der Waals surface area contributed by atoms with E-state index < -0.39 is 0 Å². The summed E-state index contributed by atoms with van der Waals surface area (Å²) in [7, 11) is 0. The average Bonchev–Trinajstić information content (AvgIpc) is 3.22. The van der Waals surface area contributed by atoms with Crippen LogP contribution < -0.4 is 5.32 Å². The molecule has 2 aliphatic rings. The number of dihydropyridines is 1. The van der Waals surface area contributed by atoms with Crippen LogP contribution in [-0.2, 0) is 14.3 Å². The first-order valence-corrected chi connectivity index (χ1v) is 10.5. The highest BCUT2D eigenvalue weighted by Gasteiger charge is 2.41. The molecule has 0 saturated carbocycles. The number of Topliss-reactive ketones (excluding diaryl/α,β-unsaturated/α-hetero) is 1. The molecule has 4 nitrogen and oxygen atoms in total. The maximum atomic E-state index is 13.3. The van der Waals surface area contributed by atoms with Crippen LogP contribution in [0.15, 0.2) is 70.4 Å². The lowest BCUT2D eigenvalue weighted by molar-refractivity contribution is -0.138. The molecular formula is C23H23NO3S. The Morgan fingerprint density at radius 2 is 1.96 bits per heavy atom. The summed E-state index contributed by atoms with van der Waals surface area (Å²) in [6, 6.07) is 14.1. The van der Waals surface area contributed by atoms with E-state index in [9.17, 15) is 9.59 Å². The van der Waals surface area contributed by atoms with Crippen molar-refractivity contribution in [2.24, 2.45) is 0 Å². The topological polar surface area (TPSA) is 55.4 Å². The molecule has 1 aromatic heterocycles. The monoisotopic (exact) mass is 393 g/mol. The number of allylic oxidation sites excluding steroid dienone is 3. The minimum Gasteiger partial charge on any atom is -0.463 e. The summed E-state index contributed by atoms with van der Waals surface area (Å²) in [6.07, 6.45) is 1.22. The predicted molar refractivity (Wildman–Crippen MR) is 110 cm³/mol. The van der Waals surface area contributed by atoms with Gasteiger partial charge in [-0.3, -0.25) is 4.79 Å². The first kappa shape index (κ1) is 18.7. The molecule has 1 aromatic carbocycles. The average molecular weight is 394 g/mol. The second kappa shape index (κ2) is 7.76. The van der Waals surface area contributed by atoms with Crippen molar-refractivity contribution in [3.63, 3.8) is 0 Å². The van der Waals surface area contributed by atoms with Crippen LogP contribution in [0.1, 0.15) is 49.0 Å². The molecule has 0 unspecified atom stereocenters. The summed E-state index contributed by atoms with van der Waals surface area (Å²) in [5.41, 5.74) is 4.17. The van der Waals surface area contributed by atoms with Crippen molar-refractivity contribution in [3.05, 3.63) is 80.8 Å². The van der Waals surface area contributed by atoms with Gasteiger partial charge in [-0.05, 0) is 43.2 Å². The number of hydrogen-bond acceptors (Lipinski definition) is 5. The van der Waals surface area contributed by atoms with Crippen molar-refractivity contribution >= 4 is 23.1 Å². The minimum atomic E-state index is -0.351. The summed E-state index contributed by atoms with van der Waals surface area (Å²) < 4.78 is 5.32. The van der Waals surface area contributed by atoms with Crippen LogP contribution in [0.5, 0.6) is 0 Å². The second-order valence-electron chi connectivity index (χ2n) is 7.16. The van der Waals surface area contributed by atoms with E-state index in [0.29, 0.717) is 18.6 Å². The van der Waals surface area contributed by atoms with Crippen molar-refractivity contribution in [2.75, 3.05) is 6.61 Å². The molecule has 0 radical (unpaired) electrons. The van der Waals surface area contributed by atoms with E-state index in [4.69, 9.17) is 4.74 Å². The van der Waals surface area contributed by atoms with Gasteiger partial charge in [0.25, 0.3) is 0 Å². The minimum absolute atomic E-state index is 0.107. The van der Waals surface area contributed by atoms with Gasteiger partial charge in [0.05, 0.1) is 18.1 Å². The van der Waals surface area contributed by atoms with Gasteiger partial charge in [-0.1, -0.05) is 36.4 Å². The molecule has 0 bridgehead atoms. The van der Waals surface area contributed by atoms with Gasteiger partial charge in [0.15, 0.2) is 5.78 Å². The van der Waals surface area contributed by atoms with E-state index in [1.807, 2.05) is 42.6 Å². The number of benzene rings is 1. The Bertz CT molecular complexity index is 957. The number of nitrogens with one attached hydrogen (secondary N) is 1. The van der Waals surface area contributed by atoms with Crippen molar-refractivity contribution in [2.45, 2.75) is 38.5 Å². The number of ketones is 1. The predicted octanol–water partition coefficient (Wildman–Crippen LogP) is 4.67. The summed E-state index contributed by atoms with van der Waals surface area (Å²) in [4.78, 5) is 27.0. The van der Waals surface area contributed by atoms with Crippen LogP contribution in [0.4, 0.5) is 0 Å². The van der Waals surface area contributed by atoms with E-state index in [-0.39, 0.29) is 23.6 Å². The standard InChI is InChI=1S/C23H23NO3S/c1-3-27-23(26)20-14(2)24-17-12-16(15-8-5-4-6-9-15)13-18(25)21(17)22(20)19-10-7-11-28-19/h4-11,16,22,24H,3,12-13H2,1-2H3/t16-,22+/m0/s1.